The molecule has 1 aromatic carbocycles. The second kappa shape index (κ2) is 5.12. The first-order valence-electron chi connectivity index (χ1n) is 5.47. The Morgan fingerprint density at radius 2 is 2.06 bits per heavy atom. The zero-order valence-corrected chi connectivity index (χ0v) is 11.0. The number of hydrogen-bond donors (Lipinski definition) is 2. The summed E-state index contributed by atoms with van der Waals surface area (Å²) >= 11 is 0. The van der Waals surface area contributed by atoms with Crippen LogP contribution in [0.4, 0.5) is 20.6 Å². The maximum atomic E-state index is 12.9. The molecule has 0 bridgehead atoms. The lowest BCUT2D eigenvalue weighted by Gasteiger charge is -2.25. The summed E-state index contributed by atoms with van der Waals surface area (Å²) in [6.45, 7) is 5.31. The van der Waals surface area contributed by atoms with Crippen LogP contribution in [0.25, 0.3) is 0 Å². The molecule has 0 fully saturated rings. The Morgan fingerprint density at radius 1 is 1.44 bits per heavy atom. The Labute approximate surface area is 106 Å². The molecular formula is C12H18FN3O2. The Morgan fingerprint density at radius 3 is 2.56 bits per heavy atom. The van der Waals surface area contributed by atoms with Gasteiger partial charge in [-0.3, -0.25) is 5.43 Å². The highest BCUT2D eigenvalue weighted by Gasteiger charge is 2.19. The molecule has 0 atom stereocenters. The van der Waals surface area contributed by atoms with E-state index in [2.05, 4.69) is 5.43 Å². The van der Waals surface area contributed by atoms with Gasteiger partial charge in [0.15, 0.2) is 0 Å². The van der Waals surface area contributed by atoms with Crippen LogP contribution in [0.2, 0.25) is 0 Å². The highest BCUT2D eigenvalue weighted by molar-refractivity contribution is 5.73. The quantitative estimate of drug-likeness (QED) is 0.629. The summed E-state index contributed by atoms with van der Waals surface area (Å²) in [6.07, 6.45) is -0.550. The largest absolute Gasteiger partial charge is 0.442 e. The van der Waals surface area contributed by atoms with Crippen molar-refractivity contribution in [1.82, 2.24) is 5.01 Å². The number of hydrazine groups is 1. The number of nitrogen functional groups attached to an aromatic ring is 1. The standard InChI is InChI=1S/C12H18FN3O2/c1-12(2,3)18-11(17)16(4)15-10-6-5-8(13)7-9(10)14/h5-7,15H,14H2,1-4H3. The third-order valence-electron chi connectivity index (χ3n) is 1.97. The van der Waals surface area contributed by atoms with E-state index in [0.717, 1.165) is 5.01 Å². The lowest BCUT2D eigenvalue weighted by molar-refractivity contribution is 0.0339. The molecule has 3 N–H and O–H groups in total. The zero-order chi connectivity index (χ0) is 13.9. The van der Waals surface area contributed by atoms with Crippen molar-refractivity contribution in [3.8, 4) is 0 Å². The van der Waals surface area contributed by atoms with E-state index in [1.807, 2.05) is 0 Å². The molecule has 0 unspecified atom stereocenters. The number of carbonyl (C=O) groups excluding carboxylic acids is 1. The second-order valence-electron chi connectivity index (χ2n) is 4.88. The fraction of sp³-hybridized carbons (Fsp3) is 0.417. The minimum atomic E-state index is -0.582. The highest BCUT2D eigenvalue weighted by atomic mass is 19.1. The number of ether oxygens (including phenoxy) is 1. The monoisotopic (exact) mass is 255 g/mol. The van der Waals surface area contributed by atoms with E-state index in [1.54, 1.807) is 20.8 Å². The van der Waals surface area contributed by atoms with Crippen molar-refractivity contribution in [2.45, 2.75) is 26.4 Å². The molecule has 1 aromatic rings. The van der Waals surface area contributed by atoms with Gasteiger partial charge in [0.1, 0.15) is 11.4 Å². The number of nitrogens with one attached hydrogen (secondary N) is 1. The molecule has 5 nitrogen and oxygen atoms in total. The van der Waals surface area contributed by atoms with Crippen molar-refractivity contribution in [3.05, 3.63) is 24.0 Å². The molecule has 1 rings (SSSR count). The first kappa shape index (κ1) is 14.1. The highest BCUT2D eigenvalue weighted by Crippen LogP contribution is 2.20. The van der Waals surface area contributed by atoms with Gasteiger partial charge in [-0.2, -0.15) is 0 Å². The molecule has 0 aliphatic heterocycles. The predicted octanol–water partition coefficient (Wildman–Crippen LogP) is 2.60. The summed E-state index contributed by atoms with van der Waals surface area (Å²) in [4.78, 5) is 11.7. The van der Waals surface area contributed by atoms with Crippen LogP contribution in [-0.4, -0.2) is 23.8 Å². The summed E-state index contributed by atoms with van der Waals surface area (Å²) in [5.41, 5.74) is 8.41. The van der Waals surface area contributed by atoms with Crippen molar-refractivity contribution in [2.75, 3.05) is 18.2 Å². The summed E-state index contributed by atoms with van der Waals surface area (Å²) in [5, 5.41) is 1.15. The molecule has 0 aliphatic carbocycles. The summed E-state index contributed by atoms with van der Waals surface area (Å²) in [5.74, 6) is -0.432. The minimum absolute atomic E-state index is 0.213. The van der Waals surface area contributed by atoms with Crippen LogP contribution < -0.4 is 11.2 Å². The summed E-state index contributed by atoms with van der Waals surface area (Å²) in [6, 6.07) is 3.87. The molecule has 0 heterocycles. The van der Waals surface area contributed by atoms with E-state index in [1.165, 1.54) is 25.2 Å². The summed E-state index contributed by atoms with van der Waals surface area (Å²) < 4.78 is 18.0. The van der Waals surface area contributed by atoms with Gasteiger partial charge in [0.05, 0.1) is 11.4 Å². The van der Waals surface area contributed by atoms with Gasteiger partial charge in [-0.25, -0.2) is 14.2 Å². The molecular weight excluding hydrogens is 237 g/mol. The lowest BCUT2D eigenvalue weighted by atomic mass is 10.2. The number of nitrogens with two attached hydrogens (primary N) is 1. The molecule has 1 amide bonds. The molecule has 6 heteroatoms. The van der Waals surface area contributed by atoms with Gasteiger partial charge in [-0.1, -0.05) is 0 Å². The SMILES string of the molecule is CN(Nc1ccc(F)cc1N)C(=O)OC(C)(C)C. The second-order valence-corrected chi connectivity index (χ2v) is 4.88. The van der Waals surface area contributed by atoms with Crippen molar-refractivity contribution in [1.29, 1.82) is 0 Å². The van der Waals surface area contributed by atoms with Crippen molar-refractivity contribution in [3.63, 3.8) is 0 Å². The van der Waals surface area contributed by atoms with Crippen LogP contribution >= 0.6 is 0 Å². The number of halogens is 1. The first-order valence-corrected chi connectivity index (χ1v) is 5.47. The fourth-order valence-electron chi connectivity index (χ4n) is 1.19. The Kier molecular flexibility index (Phi) is 4.00. The van der Waals surface area contributed by atoms with E-state index in [4.69, 9.17) is 10.5 Å². The van der Waals surface area contributed by atoms with E-state index >= 15 is 0 Å². The maximum Gasteiger partial charge on any atom is 0.428 e. The number of carbonyl (C=O) groups is 1. The third kappa shape index (κ3) is 4.12. The van der Waals surface area contributed by atoms with Crippen LogP contribution in [0.3, 0.4) is 0 Å². The van der Waals surface area contributed by atoms with Crippen LogP contribution in [0, 0.1) is 5.82 Å². The molecule has 0 saturated carbocycles. The smallest absolute Gasteiger partial charge is 0.428 e. The van der Waals surface area contributed by atoms with E-state index in [-0.39, 0.29) is 5.69 Å². The van der Waals surface area contributed by atoms with Gasteiger partial charge < -0.3 is 10.5 Å². The van der Waals surface area contributed by atoms with Crippen LogP contribution in [-0.2, 0) is 4.74 Å². The topological polar surface area (TPSA) is 67.6 Å². The maximum absolute atomic E-state index is 12.9. The number of rotatable bonds is 2. The summed E-state index contributed by atoms with van der Waals surface area (Å²) in [7, 11) is 1.50. The third-order valence-corrected chi connectivity index (χ3v) is 1.97. The average Bonchev–Trinajstić information content (AvgIpc) is 2.19. The Bertz CT molecular complexity index is 443. The number of nitrogens with zero attached hydrogens (tertiary/aromatic N) is 1. The molecule has 0 saturated heterocycles. The molecule has 0 aromatic heterocycles. The molecule has 18 heavy (non-hydrogen) atoms. The average molecular weight is 255 g/mol. The van der Waals surface area contributed by atoms with Crippen LogP contribution in [0.5, 0.6) is 0 Å². The molecule has 100 valence electrons. The van der Waals surface area contributed by atoms with Crippen molar-refractivity contribution < 1.29 is 13.9 Å². The first-order chi connectivity index (χ1) is 8.19. The lowest BCUT2D eigenvalue weighted by Crippen LogP contribution is -2.37. The van der Waals surface area contributed by atoms with Crippen LogP contribution in [0.15, 0.2) is 18.2 Å². The molecule has 0 aliphatic rings. The van der Waals surface area contributed by atoms with E-state index < -0.39 is 17.5 Å². The van der Waals surface area contributed by atoms with Gasteiger partial charge in [0.25, 0.3) is 0 Å². The van der Waals surface area contributed by atoms with Gasteiger partial charge in [-0.05, 0) is 39.0 Å². The van der Waals surface area contributed by atoms with Gasteiger partial charge in [-0.15, -0.1) is 0 Å². The zero-order valence-electron chi connectivity index (χ0n) is 11.0. The van der Waals surface area contributed by atoms with Crippen molar-refractivity contribution >= 4 is 17.5 Å². The van der Waals surface area contributed by atoms with Crippen molar-refractivity contribution in [2.24, 2.45) is 0 Å². The number of amides is 1. The molecule has 0 spiro atoms. The van der Waals surface area contributed by atoms with Gasteiger partial charge >= 0.3 is 6.09 Å². The molecule has 0 radical (unpaired) electrons. The number of anilines is 2. The van der Waals surface area contributed by atoms with E-state index in [9.17, 15) is 9.18 Å². The number of hydrogen-bond acceptors (Lipinski definition) is 4. The normalized spacial score (nSPS) is 10.9. The predicted molar refractivity (Wildman–Crippen MR) is 68.4 cm³/mol. The Hall–Kier alpha value is -1.98. The van der Waals surface area contributed by atoms with E-state index in [0.29, 0.717) is 5.69 Å². The van der Waals surface area contributed by atoms with Crippen LogP contribution in [0.1, 0.15) is 20.8 Å². The Balaban J connectivity index is 2.69. The number of benzene rings is 1. The fourth-order valence-corrected chi connectivity index (χ4v) is 1.19. The van der Waals surface area contributed by atoms with Gasteiger partial charge in [0, 0.05) is 7.05 Å². The van der Waals surface area contributed by atoms with Gasteiger partial charge in [0.2, 0.25) is 0 Å². The minimum Gasteiger partial charge on any atom is -0.442 e.